The van der Waals surface area contributed by atoms with Crippen LogP contribution in [0.3, 0.4) is 0 Å². The minimum absolute atomic E-state index is 0.118. The standard InChI is InChI=1S/C14H28N2O2/c1-5-7-8-15(6-2)9-10-16(11-13(3)17)12-14(4)18/h5-12H2,1-4H3. The first-order chi connectivity index (χ1) is 8.49. The Morgan fingerprint density at radius 2 is 1.33 bits per heavy atom. The number of unbranched alkanes of at least 4 members (excludes halogenated alkanes) is 1. The molecule has 0 N–H and O–H groups in total. The van der Waals surface area contributed by atoms with Gasteiger partial charge in [0.25, 0.3) is 0 Å². The summed E-state index contributed by atoms with van der Waals surface area (Å²) in [5.74, 6) is 0.237. The Hall–Kier alpha value is -0.740. The maximum absolute atomic E-state index is 11.2. The fourth-order valence-corrected chi connectivity index (χ4v) is 1.94. The van der Waals surface area contributed by atoms with Gasteiger partial charge in [0.2, 0.25) is 0 Å². The Morgan fingerprint density at radius 3 is 1.72 bits per heavy atom. The zero-order valence-electron chi connectivity index (χ0n) is 12.4. The highest BCUT2D eigenvalue weighted by Gasteiger charge is 2.11. The molecule has 4 nitrogen and oxygen atoms in total. The van der Waals surface area contributed by atoms with Crippen LogP contribution in [-0.4, -0.2) is 60.6 Å². The summed E-state index contributed by atoms with van der Waals surface area (Å²) < 4.78 is 0. The third-order valence-electron chi connectivity index (χ3n) is 2.90. The highest BCUT2D eigenvalue weighted by atomic mass is 16.1. The van der Waals surface area contributed by atoms with E-state index < -0.39 is 0 Å². The highest BCUT2D eigenvalue weighted by molar-refractivity contribution is 5.80. The number of carbonyl (C=O) groups excluding carboxylic acids is 2. The lowest BCUT2D eigenvalue weighted by atomic mass is 10.3. The van der Waals surface area contributed by atoms with E-state index in [0.717, 1.165) is 26.2 Å². The molecule has 0 aromatic carbocycles. The van der Waals surface area contributed by atoms with Crippen molar-refractivity contribution < 1.29 is 9.59 Å². The summed E-state index contributed by atoms with van der Waals surface area (Å²) in [6.07, 6.45) is 2.40. The number of likely N-dealkylation sites (N-methyl/N-ethyl adjacent to an activating group) is 1. The molecular formula is C14H28N2O2. The van der Waals surface area contributed by atoms with Crippen LogP contribution in [0.5, 0.6) is 0 Å². The van der Waals surface area contributed by atoms with Crippen molar-refractivity contribution in [2.24, 2.45) is 0 Å². The largest absolute Gasteiger partial charge is 0.302 e. The van der Waals surface area contributed by atoms with E-state index in [-0.39, 0.29) is 11.6 Å². The van der Waals surface area contributed by atoms with Crippen molar-refractivity contribution in [2.45, 2.75) is 40.5 Å². The molecule has 106 valence electrons. The minimum Gasteiger partial charge on any atom is -0.302 e. The van der Waals surface area contributed by atoms with Gasteiger partial charge < -0.3 is 4.90 Å². The van der Waals surface area contributed by atoms with Gasteiger partial charge in [-0.05, 0) is 33.4 Å². The normalized spacial score (nSPS) is 11.2. The van der Waals surface area contributed by atoms with E-state index in [2.05, 4.69) is 18.7 Å². The molecule has 0 saturated carbocycles. The summed E-state index contributed by atoms with van der Waals surface area (Å²) in [5.41, 5.74) is 0. The van der Waals surface area contributed by atoms with E-state index in [4.69, 9.17) is 0 Å². The minimum atomic E-state index is 0.118. The van der Waals surface area contributed by atoms with Crippen LogP contribution in [0.25, 0.3) is 0 Å². The number of carbonyl (C=O) groups is 2. The Kier molecular flexibility index (Phi) is 9.79. The van der Waals surface area contributed by atoms with Gasteiger partial charge in [0, 0.05) is 13.1 Å². The maximum atomic E-state index is 11.2. The molecule has 0 radical (unpaired) electrons. The van der Waals surface area contributed by atoms with Gasteiger partial charge in [-0.25, -0.2) is 0 Å². The Bertz CT molecular complexity index is 238. The Balaban J connectivity index is 4.12. The van der Waals surface area contributed by atoms with Gasteiger partial charge in [-0.1, -0.05) is 20.3 Å². The van der Waals surface area contributed by atoms with Crippen molar-refractivity contribution in [1.29, 1.82) is 0 Å². The molecule has 0 heterocycles. The number of nitrogens with zero attached hydrogens (tertiary/aromatic N) is 2. The summed E-state index contributed by atoms with van der Waals surface area (Å²) in [6, 6.07) is 0. The summed E-state index contributed by atoms with van der Waals surface area (Å²) in [6.45, 7) is 12.1. The number of rotatable bonds is 11. The van der Waals surface area contributed by atoms with Gasteiger partial charge in [0.05, 0.1) is 13.1 Å². The van der Waals surface area contributed by atoms with E-state index in [0.29, 0.717) is 13.1 Å². The average molecular weight is 256 g/mol. The fraction of sp³-hybridized carbons (Fsp3) is 0.857. The lowest BCUT2D eigenvalue weighted by Gasteiger charge is -2.25. The molecule has 0 aromatic rings. The molecule has 18 heavy (non-hydrogen) atoms. The molecule has 0 rings (SSSR count). The quantitative estimate of drug-likeness (QED) is 0.563. The second-order valence-corrected chi connectivity index (χ2v) is 4.90. The third-order valence-corrected chi connectivity index (χ3v) is 2.90. The van der Waals surface area contributed by atoms with Crippen molar-refractivity contribution in [2.75, 3.05) is 39.3 Å². The second-order valence-electron chi connectivity index (χ2n) is 4.90. The average Bonchev–Trinajstić information content (AvgIpc) is 2.27. The van der Waals surface area contributed by atoms with Gasteiger partial charge in [0.15, 0.2) is 0 Å². The zero-order chi connectivity index (χ0) is 14.0. The van der Waals surface area contributed by atoms with Crippen LogP contribution in [-0.2, 0) is 9.59 Å². The fourth-order valence-electron chi connectivity index (χ4n) is 1.94. The van der Waals surface area contributed by atoms with Crippen LogP contribution in [0.4, 0.5) is 0 Å². The number of hydrogen-bond donors (Lipinski definition) is 0. The zero-order valence-corrected chi connectivity index (χ0v) is 12.4. The lowest BCUT2D eigenvalue weighted by molar-refractivity contribution is -0.120. The van der Waals surface area contributed by atoms with Crippen LogP contribution in [0.15, 0.2) is 0 Å². The van der Waals surface area contributed by atoms with Crippen LogP contribution in [0, 0.1) is 0 Å². The van der Waals surface area contributed by atoms with Crippen LogP contribution < -0.4 is 0 Å². The first-order valence-electron chi connectivity index (χ1n) is 6.93. The first-order valence-corrected chi connectivity index (χ1v) is 6.93. The molecule has 0 unspecified atom stereocenters. The van der Waals surface area contributed by atoms with Crippen molar-refractivity contribution in [1.82, 2.24) is 9.80 Å². The molecule has 0 atom stereocenters. The second kappa shape index (κ2) is 10.2. The molecule has 0 aliphatic carbocycles. The Morgan fingerprint density at radius 1 is 0.833 bits per heavy atom. The molecule has 0 spiro atoms. The van der Waals surface area contributed by atoms with Gasteiger partial charge in [-0.15, -0.1) is 0 Å². The SMILES string of the molecule is CCCCN(CC)CCN(CC(C)=O)CC(C)=O. The highest BCUT2D eigenvalue weighted by Crippen LogP contribution is 1.97. The molecular weight excluding hydrogens is 228 g/mol. The summed E-state index contributed by atoms with van der Waals surface area (Å²) in [4.78, 5) is 26.6. The van der Waals surface area contributed by atoms with Crippen LogP contribution in [0.2, 0.25) is 0 Å². The van der Waals surface area contributed by atoms with Crippen molar-refractivity contribution in [3.05, 3.63) is 0 Å². The molecule has 0 aromatic heterocycles. The van der Waals surface area contributed by atoms with Crippen LogP contribution >= 0.6 is 0 Å². The molecule has 0 saturated heterocycles. The third kappa shape index (κ3) is 9.31. The van der Waals surface area contributed by atoms with Crippen molar-refractivity contribution in [3.8, 4) is 0 Å². The van der Waals surface area contributed by atoms with Gasteiger partial charge in [-0.3, -0.25) is 14.5 Å². The summed E-state index contributed by atoms with van der Waals surface area (Å²) >= 11 is 0. The van der Waals surface area contributed by atoms with Gasteiger partial charge >= 0.3 is 0 Å². The van der Waals surface area contributed by atoms with E-state index in [1.165, 1.54) is 12.8 Å². The van der Waals surface area contributed by atoms with E-state index in [1.54, 1.807) is 13.8 Å². The number of hydrogen-bond acceptors (Lipinski definition) is 4. The molecule has 0 amide bonds. The smallest absolute Gasteiger partial charge is 0.143 e. The van der Waals surface area contributed by atoms with Gasteiger partial charge in [-0.2, -0.15) is 0 Å². The monoisotopic (exact) mass is 256 g/mol. The van der Waals surface area contributed by atoms with E-state index >= 15 is 0 Å². The predicted octanol–water partition coefficient (Wildman–Crippen LogP) is 1.59. The maximum Gasteiger partial charge on any atom is 0.143 e. The van der Waals surface area contributed by atoms with Crippen molar-refractivity contribution in [3.63, 3.8) is 0 Å². The van der Waals surface area contributed by atoms with Crippen LogP contribution in [0.1, 0.15) is 40.5 Å². The molecule has 4 heteroatoms. The molecule has 0 bridgehead atoms. The van der Waals surface area contributed by atoms with E-state index in [1.807, 2.05) is 4.90 Å². The predicted molar refractivity (Wildman–Crippen MR) is 74.8 cm³/mol. The number of Topliss-reactive ketones (excluding diaryl/α,β-unsaturated/α-hetero) is 2. The lowest BCUT2D eigenvalue weighted by Crippen LogP contribution is -2.39. The van der Waals surface area contributed by atoms with Gasteiger partial charge in [0.1, 0.15) is 11.6 Å². The summed E-state index contributed by atoms with van der Waals surface area (Å²) in [5, 5.41) is 0. The first kappa shape index (κ1) is 17.3. The molecule has 0 aliphatic rings. The topological polar surface area (TPSA) is 40.6 Å². The molecule has 0 fully saturated rings. The van der Waals surface area contributed by atoms with E-state index in [9.17, 15) is 9.59 Å². The van der Waals surface area contributed by atoms with Crippen molar-refractivity contribution >= 4 is 11.6 Å². The number of ketones is 2. The molecule has 0 aliphatic heterocycles. The summed E-state index contributed by atoms with van der Waals surface area (Å²) in [7, 11) is 0. The Labute approximate surface area is 111 Å².